The molecule has 3 rings (SSSR count). The van der Waals surface area contributed by atoms with E-state index in [0.29, 0.717) is 4.47 Å². The van der Waals surface area contributed by atoms with E-state index in [1.165, 1.54) is 42.5 Å². The van der Waals surface area contributed by atoms with Gasteiger partial charge in [0.25, 0.3) is 5.91 Å². The van der Waals surface area contributed by atoms with Gasteiger partial charge >= 0.3 is 5.69 Å². The summed E-state index contributed by atoms with van der Waals surface area (Å²) in [7, 11) is 0. The smallest absolute Gasteiger partial charge is 0.310 e. The summed E-state index contributed by atoms with van der Waals surface area (Å²) in [6.45, 7) is -0.106. The Labute approximate surface area is 161 Å². The van der Waals surface area contributed by atoms with Crippen molar-refractivity contribution < 1.29 is 23.3 Å². The molecule has 3 aromatic rings. The first kappa shape index (κ1) is 18.6. The van der Waals surface area contributed by atoms with E-state index in [4.69, 9.17) is 9.15 Å². The maximum Gasteiger partial charge on any atom is 0.310 e. The van der Waals surface area contributed by atoms with Crippen molar-refractivity contribution in [3.05, 3.63) is 86.5 Å². The zero-order chi connectivity index (χ0) is 19.4. The number of halogens is 2. The third kappa shape index (κ3) is 4.50. The van der Waals surface area contributed by atoms with Crippen molar-refractivity contribution in [3.8, 4) is 5.75 Å². The molecule has 2 aromatic carbocycles. The molecule has 0 radical (unpaired) electrons. The van der Waals surface area contributed by atoms with Gasteiger partial charge in [-0.05, 0) is 36.4 Å². The standard InChI is InChI=1S/C18H12BrFN2O5/c19-11-5-7-14(13(20)9-11)21-18(23)17-8-6-12(27-17)10-26-16-4-2-1-3-15(16)22(24)25/h1-9H,10H2,(H,21,23). The minimum Gasteiger partial charge on any atom is -0.479 e. The highest BCUT2D eigenvalue weighted by Crippen LogP contribution is 2.27. The summed E-state index contributed by atoms with van der Waals surface area (Å²) in [6, 6.07) is 13.1. The van der Waals surface area contributed by atoms with Gasteiger partial charge in [-0.3, -0.25) is 14.9 Å². The van der Waals surface area contributed by atoms with Crippen molar-refractivity contribution in [1.82, 2.24) is 0 Å². The van der Waals surface area contributed by atoms with E-state index >= 15 is 0 Å². The molecular formula is C18H12BrFN2O5. The van der Waals surface area contributed by atoms with Crippen LogP contribution in [0.15, 0.2) is 63.5 Å². The fourth-order valence-electron chi connectivity index (χ4n) is 2.23. The second-order valence-electron chi connectivity index (χ2n) is 5.36. The van der Waals surface area contributed by atoms with E-state index in [1.807, 2.05) is 0 Å². The number of nitro benzene ring substituents is 1. The summed E-state index contributed by atoms with van der Waals surface area (Å²) in [6.07, 6.45) is 0. The monoisotopic (exact) mass is 434 g/mol. The van der Waals surface area contributed by atoms with Gasteiger partial charge in [0.2, 0.25) is 0 Å². The molecule has 1 N–H and O–H groups in total. The van der Waals surface area contributed by atoms with Crippen molar-refractivity contribution in [1.29, 1.82) is 0 Å². The van der Waals surface area contributed by atoms with Crippen LogP contribution in [0.25, 0.3) is 0 Å². The van der Waals surface area contributed by atoms with Gasteiger partial charge in [-0.1, -0.05) is 28.1 Å². The van der Waals surface area contributed by atoms with Gasteiger partial charge in [0.05, 0.1) is 10.6 Å². The highest BCUT2D eigenvalue weighted by atomic mass is 79.9. The zero-order valence-corrected chi connectivity index (χ0v) is 15.2. The Kier molecular flexibility index (Phi) is 5.51. The van der Waals surface area contributed by atoms with Gasteiger partial charge in [0.1, 0.15) is 18.2 Å². The van der Waals surface area contributed by atoms with Gasteiger partial charge < -0.3 is 14.5 Å². The van der Waals surface area contributed by atoms with Gasteiger partial charge in [0.15, 0.2) is 11.5 Å². The lowest BCUT2D eigenvalue weighted by molar-refractivity contribution is -0.386. The number of hydrogen-bond donors (Lipinski definition) is 1. The van der Waals surface area contributed by atoms with E-state index in [-0.39, 0.29) is 35.3 Å². The Morgan fingerprint density at radius 2 is 2.00 bits per heavy atom. The molecule has 1 amide bonds. The lowest BCUT2D eigenvalue weighted by Crippen LogP contribution is -2.12. The number of carbonyl (C=O) groups excluding carboxylic acids is 1. The minimum atomic E-state index is -0.631. The van der Waals surface area contributed by atoms with Gasteiger partial charge in [-0.15, -0.1) is 0 Å². The van der Waals surface area contributed by atoms with Crippen molar-refractivity contribution in [3.63, 3.8) is 0 Å². The topological polar surface area (TPSA) is 94.6 Å². The van der Waals surface area contributed by atoms with Gasteiger partial charge in [-0.25, -0.2) is 4.39 Å². The number of rotatable bonds is 6. The number of nitrogens with zero attached hydrogens (tertiary/aromatic N) is 1. The Balaban J connectivity index is 1.66. The van der Waals surface area contributed by atoms with Crippen LogP contribution in [-0.2, 0) is 6.61 Å². The first-order valence-corrected chi connectivity index (χ1v) is 8.44. The van der Waals surface area contributed by atoms with Crippen LogP contribution < -0.4 is 10.1 Å². The molecule has 1 heterocycles. The van der Waals surface area contributed by atoms with E-state index in [2.05, 4.69) is 21.2 Å². The molecule has 7 nitrogen and oxygen atoms in total. The Hall–Kier alpha value is -3.20. The minimum absolute atomic E-state index is 0.0114. The Morgan fingerprint density at radius 1 is 1.22 bits per heavy atom. The van der Waals surface area contributed by atoms with Crippen molar-refractivity contribution >= 4 is 33.2 Å². The first-order chi connectivity index (χ1) is 12.9. The van der Waals surface area contributed by atoms with Crippen LogP contribution in [-0.4, -0.2) is 10.8 Å². The maximum atomic E-state index is 13.8. The number of anilines is 1. The van der Waals surface area contributed by atoms with Crippen LogP contribution in [0.5, 0.6) is 5.75 Å². The average molecular weight is 435 g/mol. The van der Waals surface area contributed by atoms with Crippen LogP contribution in [0, 0.1) is 15.9 Å². The van der Waals surface area contributed by atoms with E-state index < -0.39 is 16.6 Å². The predicted octanol–water partition coefficient (Wildman–Crippen LogP) is 4.92. The molecule has 0 saturated heterocycles. The molecule has 27 heavy (non-hydrogen) atoms. The lowest BCUT2D eigenvalue weighted by atomic mass is 10.3. The summed E-state index contributed by atoms with van der Waals surface area (Å²) in [5.41, 5.74) is -0.162. The summed E-state index contributed by atoms with van der Waals surface area (Å²) in [5.74, 6) is -0.896. The zero-order valence-electron chi connectivity index (χ0n) is 13.6. The van der Waals surface area contributed by atoms with E-state index in [0.717, 1.165) is 0 Å². The summed E-state index contributed by atoms with van der Waals surface area (Å²) < 4.78 is 25.1. The van der Waals surface area contributed by atoms with Crippen LogP contribution in [0.2, 0.25) is 0 Å². The van der Waals surface area contributed by atoms with Gasteiger partial charge in [0, 0.05) is 10.5 Å². The predicted molar refractivity (Wildman–Crippen MR) is 98.2 cm³/mol. The maximum absolute atomic E-state index is 13.8. The van der Waals surface area contributed by atoms with Crippen molar-refractivity contribution in [2.75, 3.05) is 5.32 Å². The summed E-state index contributed by atoms with van der Waals surface area (Å²) >= 11 is 3.13. The molecule has 0 fully saturated rings. The number of furan rings is 1. The number of carbonyl (C=O) groups is 1. The van der Waals surface area contributed by atoms with Crippen LogP contribution in [0.4, 0.5) is 15.8 Å². The quantitative estimate of drug-likeness (QED) is 0.438. The van der Waals surface area contributed by atoms with Crippen LogP contribution in [0.3, 0.4) is 0 Å². The largest absolute Gasteiger partial charge is 0.479 e. The molecule has 0 atom stereocenters. The average Bonchev–Trinajstić information content (AvgIpc) is 3.11. The van der Waals surface area contributed by atoms with Crippen LogP contribution in [0.1, 0.15) is 16.3 Å². The molecule has 0 aliphatic rings. The third-order valence-corrected chi connectivity index (χ3v) is 3.99. The summed E-state index contributed by atoms with van der Waals surface area (Å²) in [4.78, 5) is 22.6. The number of hydrogen-bond acceptors (Lipinski definition) is 5. The second-order valence-corrected chi connectivity index (χ2v) is 6.27. The molecule has 1 aromatic heterocycles. The van der Waals surface area contributed by atoms with E-state index in [1.54, 1.807) is 12.1 Å². The number of nitrogens with one attached hydrogen (secondary N) is 1. The molecule has 0 unspecified atom stereocenters. The molecule has 0 spiro atoms. The first-order valence-electron chi connectivity index (χ1n) is 7.65. The molecule has 0 saturated carbocycles. The SMILES string of the molecule is O=C(Nc1ccc(Br)cc1F)c1ccc(COc2ccccc2[N+](=O)[O-])o1. The normalized spacial score (nSPS) is 10.4. The molecule has 138 valence electrons. The summed E-state index contributed by atoms with van der Waals surface area (Å²) in [5, 5.41) is 13.4. The van der Waals surface area contributed by atoms with Crippen molar-refractivity contribution in [2.24, 2.45) is 0 Å². The molecule has 9 heteroatoms. The molecular weight excluding hydrogens is 423 g/mol. The Morgan fingerprint density at radius 3 is 2.74 bits per heavy atom. The third-order valence-electron chi connectivity index (χ3n) is 3.50. The van der Waals surface area contributed by atoms with Gasteiger partial charge in [-0.2, -0.15) is 0 Å². The number of nitro groups is 1. The second kappa shape index (κ2) is 8.00. The molecule has 0 aliphatic carbocycles. The number of benzene rings is 2. The highest BCUT2D eigenvalue weighted by Gasteiger charge is 2.16. The fraction of sp³-hybridized carbons (Fsp3) is 0.0556. The number of ether oxygens (including phenoxy) is 1. The number of para-hydroxylation sites is 2. The highest BCUT2D eigenvalue weighted by molar-refractivity contribution is 9.10. The lowest BCUT2D eigenvalue weighted by Gasteiger charge is -2.06. The molecule has 0 bridgehead atoms. The van der Waals surface area contributed by atoms with E-state index in [9.17, 15) is 19.3 Å². The van der Waals surface area contributed by atoms with Crippen molar-refractivity contribution in [2.45, 2.75) is 6.61 Å². The molecule has 0 aliphatic heterocycles. The fourth-order valence-corrected chi connectivity index (χ4v) is 2.56. The Bertz CT molecular complexity index is 1000. The van der Waals surface area contributed by atoms with Crippen LogP contribution >= 0.6 is 15.9 Å². The number of amides is 1.